The maximum atomic E-state index is 10.7. The standard InChI is InChI=1S/C12H13BrO4/c1-8(14)16-6-10-3-4-11(12(13)5-10)7-17-9(2)15/h3-5H,6-7H2,1-2H3. The second kappa shape index (κ2) is 6.39. The van der Waals surface area contributed by atoms with Crippen molar-refractivity contribution in [1.29, 1.82) is 0 Å². The first kappa shape index (κ1) is 13.7. The smallest absolute Gasteiger partial charge is 0.302 e. The molecule has 0 atom stereocenters. The van der Waals surface area contributed by atoms with Crippen molar-refractivity contribution in [1.82, 2.24) is 0 Å². The maximum Gasteiger partial charge on any atom is 0.302 e. The molecule has 17 heavy (non-hydrogen) atoms. The molecule has 5 heteroatoms. The second-order valence-corrected chi connectivity index (χ2v) is 4.34. The number of carbonyl (C=O) groups is 2. The lowest BCUT2D eigenvalue weighted by Crippen LogP contribution is -2.01. The number of carbonyl (C=O) groups excluding carboxylic acids is 2. The fraction of sp³-hybridized carbons (Fsp3) is 0.333. The molecule has 0 radical (unpaired) electrons. The van der Waals surface area contributed by atoms with Gasteiger partial charge in [0.25, 0.3) is 0 Å². The van der Waals surface area contributed by atoms with Gasteiger partial charge in [-0.25, -0.2) is 0 Å². The van der Waals surface area contributed by atoms with Gasteiger partial charge in [-0.3, -0.25) is 9.59 Å². The van der Waals surface area contributed by atoms with Gasteiger partial charge in [-0.1, -0.05) is 28.1 Å². The highest BCUT2D eigenvalue weighted by atomic mass is 79.9. The Morgan fingerprint density at radius 2 is 1.71 bits per heavy atom. The summed E-state index contributed by atoms with van der Waals surface area (Å²) >= 11 is 3.37. The first-order valence-electron chi connectivity index (χ1n) is 5.03. The van der Waals surface area contributed by atoms with E-state index in [4.69, 9.17) is 9.47 Å². The fourth-order valence-corrected chi connectivity index (χ4v) is 1.70. The van der Waals surface area contributed by atoms with E-state index in [9.17, 15) is 9.59 Å². The Kier molecular flexibility index (Phi) is 5.15. The van der Waals surface area contributed by atoms with E-state index in [1.807, 2.05) is 18.2 Å². The molecule has 0 spiro atoms. The molecule has 0 amide bonds. The average molecular weight is 301 g/mol. The third-order valence-electron chi connectivity index (χ3n) is 1.99. The molecule has 0 unspecified atom stereocenters. The molecule has 92 valence electrons. The number of esters is 2. The third-order valence-corrected chi connectivity index (χ3v) is 2.73. The van der Waals surface area contributed by atoms with Crippen LogP contribution in [0.4, 0.5) is 0 Å². The van der Waals surface area contributed by atoms with Crippen LogP contribution < -0.4 is 0 Å². The first-order chi connectivity index (χ1) is 7.99. The molecule has 0 aliphatic heterocycles. The Labute approximate surface area is 108 Å². The normalized spacial score (nSPS) is 9.82. The van der Waals surface area contributed by atoms with Crippen LogP contribution in [0.3, 0.4) is 0 Å². The topological polar surface area (TPSA) is 52.6 Å². The van der Waals surface area contributed by atoms with Gasteiger partial charge in [-0.05, 0) is 11.6 Å². The molecule has 0 aliphatic rings. The number of benzene rings is 1. The van der Waals surface area contributed by atoms with Crippen molar-refractivity contribution in [3.63, 3.8) is 0 Å². The highest BCUT2D eigenvalue weighted by Gasteiger charge is 2.04. The minimum Gasteiger partial charge on any atom is -0.461 e. The van der Waals surface area contributed by atoms with Crippen molar-refractivity contribution >= 4 is 27.9 Å². The van der Waals surface area contributed by atoms with E-state index in [0.717, 1.165) is 15.6 Å². The minimum atomic E-state index is -0.319. The van der Waals surface area contributed by atoms with E-state index in [-0.39, 0.29) is 25.2 Å². The Bertz CT molecular complexity index is 429. The van der Waals surface area contributed by atoms with Crippen LogP contribution >= 0.6 is 15.9 Å². The number of halogens is 1. The zero-order valence-corrected chi connectivity index (χ0v) is 11.2. The van der Waals surface area contributed by atoms with Gasteiger partial charge < -0.3 is 9.47 Å². The molecular formula is C12H13BrO4. The number of hydrogen-bond donors (Lipinski definition) is 0. The van der Waals surface area contributed by atoms with Crippen molar-refractivity contribution in [2.75, 3.05) is 0 Å². The second-order valence-electron chi connectivity index (χ2n) is 3.49. The molecule has 1 aromatic carbocycles. The van der Waals surface area contributed by atoms with E-state index < -0.39 is 0 Å². The Hall–Kier alpha value is -1.36. The summed E-state index contributed by atoms with van der Waals surface area (Å²) in [6, 6.07) is 5.49. The van der Waals surface area contributed by atoms with Gasteiger partial charge in [0.15, 0.2) is 0 Å². The van der Waals surface area contributed by atoms with Crippen molar-refractivity contribution in [2.24, 2.45) is 0 Å². The lowest BCUT2D eigenvalue weighted by Gasteiger charge is -2.07. The van der Waals surface area contributed by atoms with Crippen LogP contribution in [0.25, 0.3) is 0 Å². The van der Waals surface area contributed by atoms with E-state index in [1.54, 1.807) is 0 Å². The molecule has 0 aliphatic carbocycles. The van der Waals surface area contributed by atoms with Gasteiger partial charge >= 0.3 is 11.9 Å². The summed E-state index contributed by atoms with van der Waals surface area (Å²) in [5.74, 6) is -0.633. The maximum absolute atomic E-state index is 10.7. The van der Waals surface area contributed by atoms with Crippen molar-refractivity contribution < 1.29 is 19.1 Å². The monoisotopic (exact) mass is 300 g/mol. The van der Waals surface area contributed by atoms with Crippen molar-refractivity contribution in [3.8, 4) is 0 Å². The van der Waals surface area contributed by atoms with Gasteiger partial charge in [0.05, 0.1) is 0 Å². The molecule has 1 aromatic rings. The minimum absolute atomic E-state index is 0.226. The molecule has 0 heterocycles. The van der Waals surface area contributed by atoms with Crippen LogP contribution in [0.15, 0.2) is 22.7 Å². The number of rotatable bonds is 4. The molecule has 4 nitrogen and oxygen atoms in total. The molecule has 0 N–H and O–H groups in total. The van der Waals surface area contributed by atoms with Crippen LogP contribution in [0.2, 0.25) is 0 Å². The zero-order chi connectivity index (χ0) is 12.8. The molecule has 0 saturated heterocycles. The molecule has 0 aromatic heterocycles. The lowest BCUT2D eigenvalue weighted by atomic mass is 10.1. The Morgan fingerprint density at radius 3 is 2.24 bits per heavy atom. The van der Waals surface area contributed by atoms with E-state index >= 15 is 0 Å². The van der Waals surface area contributed by atoms with Gasteiger partial charge in [-0.2, -0.15) is 0 Å². The van der Waals surface area contributed by atoms with Crippen LogP contribution in [0.1, 0.15) is 25.0 Å². The fourth-order valence-electron chi connectivity index (χ4n) is 1.16. The zero-order valence-electron chi connectivity index (χ0n) is 9.66. The molecule has 1 rings (SSSR count). The summed E-state index contributed by atoms with van der Waals surface area (Å²) in [5.41, 5.74) is 1.74. The summed E-state index contributed by atoms with van der Waals surface area (Å²) in [7, 11) is 0. The van der Waals surface area contributed by atoms with Crippen LogP contribution in [0, 0.1) is 0 Å². The Balaban J connectivity index is 2.65. The molecule has 0 bridgehead atoms. The summed E-state index contributed by atoms with van der Waals surface area (Å²) in [6.45, 7) is 3.19. The summed E-state index contributed by atoms with van der Waals surface area (Å²) in [6.07, 6.45) is 0. The van der Waals surface area contributed by atoms with Crippen LogP contribution in [0.5, 0.6) is 0 Å². The lowest BCUT2D eigenvalue weighted by molar-refractivity contribution is -0.143. The summed E-state index contributed by atoms with van der Waals surface area (Å²) in [4.78, 5) is 21.3. The predicted octanol–water partition coefficient (Wildman–Crippen LogP) is 2.58. The van der Waals surface area contributed by atoms with Crippen LogP contribution in [-0.4, -0.2) is 11.9 Å². The van der Waals surface area contributed by atoms with Gasteiger partial charge in [0.1, 0.15) is 13.2 Å². The van der Waals surface area contributed by atoms with E-state index in [0.29, 0.717) is 0 Å². The summed E-state index contributed by atoms with van der Waals surface area (Å²) in [5, 5.41) is 0. The SMILES string of the molecule is CC(=O)OCc1ccc(COC(C)=O)c(Br)c1. The van der Waals surface area contributed by atoms with E-state index in [1.165, 1.54) is 13.8 Å². The predicted molar refractivity (Wildman–Crippen MR) is 65.1 cm³/mol. The average Bonchev–Trinajstić information content (AvgIpc) is 2.24. The third kappa shape index (κ3) is 4.99. The highest BCUT2D eigenvalue weighted by molar-refractivity contribution is 9.10. The van der Waals surface area contributed by atoms with E-state index in [2.05, 4.69) is 15.9 Å². The largest absolute Gasteiger partial charge is 0.461 e. The Morgan fingerprint density at radius 1 is 1.12 bits per heavy atom. The molecule has 0 saturated carbocycles. The quantitative estimate of drug-likeness (QED) is 0.802. The van der Waals surface area contributed by atoms with Gasteiger partial charge in [0.2, 0.25) is 0 Å². The first-order valence-corrected chi connectivity index (χ1v) is 5.82. The highest BCUT2D eigenvalue weighted by Crippen LogP contribution is 2.20. The van der Waals surface area contributed by atoms with Crippen molar-refractivity contribution in [3.05, 3.63) is 33.8 Å². The number of hydrogen-bond acceptors (Lipinski definition) is 4. The molecular weight excluding hydrogens is 288 g/mol. The number of ether oxygens (including phenoxy) is 2. The van der Waals surface area contributed by atoms with Gasteiger partial charge in [0, 0.05) is 23.9 Å². The van der Waals surface area contributed by atoms with Crippen molar-refractivity contribution in [2.45, 2.75) is 27.1 Å². The van der Waals surface area contributed by atoms with Crippen LogP contribution in [-0.2, 0) is 32.3 Å². The molecule has 0 fully saturated rings. The summed E-state index contributed by atoms with van der Waals surface area (Å²) < 4.78 is 10.6. The van der Waals surface area contributed by atoms with Gasteiger partial charge in [-0.15, -0.1) is 0 Å².